The standard InChI is InChI=1S/C16H19NOS/c1-16(2,3)19-15-8-9-17-10-14(15)13-6-4-12(11-18)5-7-13/h4-10,18H,11H2,1-3H3. The van der Waals surface area contributed by atoms with Gasteiger partial charge in [-0.2, -0.15) is 0 Å². The Morgan fingerprint density at radius 3 is 2.37 bits per heavy atom. The lowest BCUT2D eigenvalue weighted by molar-refractivity contribution is 0.282. The lowest BCUT2D eigenvalue weighted by Crippen LogP contribution is -2.07. The van der Waals surface area contributed by atoms with E-state index in [0.29, 0.717) is 0 Å². The quantitative estimate of drug-likeness (QED) is 0.854. The number of hydrogen-bond acceptors (Lipinski definition) is 3. The molecule has 19 heavy (non-hydrogen) atoms. The van der Waals surface area contributed by atoms with Crippen molar-refractivity contribution in [2.45, 2.75) is 37.0 Å². The van der Waals surface area contributed by atoms with Gasteiger partial charge < -0.3 is 5.11 Å². The number of aliphatic hydroxyl groups excluding tert-OH is 1. The predicted molar refractivity (Wildman–Crippen MR) is 81.2 cm³/mol. The van der Waals surface area contributed by atoms with Crippen LogP contribution in [0.3, 0.4) is 0 Å². The highest BCUT2D eigenvalue weighted by atomic mass is 32.2. The SMILES string of the molecule is CC(C)(C)Sc1ccncc1-c1ccc(CO)cc1. The molecule has 0 radical (unpaired) electrons. The van der Waals surface area contributed by atoms with E-state index in [9.17, 15) is 0 Å². The van der Waals surface area contributed by atoms with Gasteiger partial charge in [0.1, 0.15) is 0 Å². The molecule has 2 rings (SSSR count). The van der Waals surface area contributed by atoms with Crippen molar-refractivity contribution in [3.8, 4) is 11.1 Å². The Morgan fingerprint density at radius 1 is 1.11 bits per heavy atom. The van der Waals surface area contributed by atoms with Gasteiger partial charge in [0.2, 0.25) is 0 Å². The number of pyridine rings is 1. The molecule has 2 nitrogen and oxygen atoms in total. The van der Waals surface area contributed by atoms with Gasteiger partial charge in [-0.15, -0.1) is 11.8 Å². The van der Waals surface area contributed by atoms with E-state index in [2.05, 4.69) is 31.8 Å². The van der Waals surface area contributed by atoms with Gasteiger partial charge in [0.15, 0.2) is 0 Å². The summed E-state index contributed by atoms with van der Waals surface area (Å²) >= 11 is 1.84. The Kier molecular flexibility index (Phi) is 4.27. The molecule has 0 spiro atoms. The maximum Gasteiger partial charge on any atom is 0.0681 e. The van der Waals surface area contributed by atoms with Crippen LogP contribution in [-0.4, -0.2) is 14.8 Å². The number of hydrogen-bond donors (Lipinski definition) is 1. The minimum absolute atomic E-state index is 0.0803. The summed E-state index contributed by atoms with van der Waals surface area (Å²) in [6.07, 6.45) is 3.74. The molecule has 3 heteroatoms. The van der Waals surface area contributed by atoms with Crippen LogP contribution in [0.2, 0.25) is 0 Å². The fourth-order valence-corrected chi connectivity index (χ4v) is 2.88. The van der Waals surface area contributed by atoms with Crippen molar-refractivity contribution in [1.82, 2.24) is 4.98 Å². The molecule has 1 N–H and O–H groups in total. The molecule has 1 aromatic heterocycles. The average molecular weight is 273 g/mol. The van der Waals surface area contributed by atoms with Gasteiger partial charge in [-0.25, -0.2) is 0 Å². The van der Waals surface area contributed by atoms with Crippen LogP contribution in [-0.2, 0) is 6.61 Å². The zero-order chi connectivity index (χ0) is 13.9. The summed E-state index contributed by atoms with van der Waals surface area (Å²) in [6, 6.07) is 10.0. The van der Waals surface area contributed by atoms with E-state index in [4.69, 9.17) is 5.11 Å². The van der Waals surface area contributed by atoms with Gasteiger partial charge >= 0.3 is 0 Å². The number of rotatable bonds is 3. The molecule has 0 unspecified atom stereocenters. The van der Waals surface area contributed by atoms with Crippen molar-refractivity contribution in [2.75, 3.05) is 0 Å². The van der Waals surface area contributed by atoms with Crippen molar-refractivity contribution < 1.29 is 5.11 Å². The second-order valence-electron chi connectivity index (χ2n) is 5.44. The molecule has 1 heterocycles. The number of aromatic nitrogens is 1. The third-order valence-corrected chi connectivity index (χ3v) is 3.83. The zero-order valence-corrected chi connectivity index (χ0v) is 12.4. The summed E-state index contributed by atoms with van der Waals surface area (Å²) in [7, 11) is 0. The Hall–Kier alpha value is -1.32. The van der Waals surface area contributed by atoms with E-state index in [1.165, 1.54) is 4.90 Å². The van der Waals surface area contributed by atoms with E-state index in [1.807, 2.05) is 48.4 Å². The first-order valence-electron chi connectivity index (χ1n) is 6.33. The first-order chi connectivity index (χ1) is 8.99. The number of benzene rings is 1. The fourth-order valence-electron chi connectivity index (χ4n) is 1.81. The molecule has 0 amide bonds. The molecule has 100 valence electrons. The highest BCUT2D eigenvalue weighted by Crippen LogP contribution is 2.37. The topological polar surface area (TPSA) is 33.1 Å². The van der Waals surface area contributed by atoms with Gasteiger partial charge in [-0.1, -0.05) is 45.0 Å². The van der Waals surface area contributed by atoms with E-state index >= 15 is 0 Å². The molecule has 0 aliphatic rings. The van der Waals surface area contributed by atoms with Crippen molar-refractivity contribution in [1.29, 1.82) is 0 Å². The van der Waals surface area contributed by atoms with Crippen LogP contribution in [0.1, 0.15) is 26.3 Å². The molecule has 0 fully saturated rings. The van der Waals surface area contributed by atoms with Gasteiger partial charge in [0.25, 0.3) is 0 Å². The van der Waals surface area contributed by atoms with Crippen LogP contribution in [0.15, 0.2) is 47.6 Å². The molecular formula is C16H19NOS. The zero-order valence-electron chi connectivity index (χ0n) is 11.6. The van der Waals surface area contributed by atoms with E-state index in [0.717, 1.165) is 16.7 Å². The maximum absolute atomic E-state index is 9.09. The van der Waals surface area contributed by atoms with Gasteiger partial charge in [-0.3, -0.25) is 4.98 Å². The monoisotopic (exact) mass is 273 g/mol. The van der Waals surface area contributed by atoms with Crippen LogP contribution in [0, 0.1) is 0 Å². The highest BCUT2D eigenvalue weighted by Gasteiger charge is 2.15. The molecule has 0 saturated carbocycles. The summed E-state index contributed by atoms with van der Waals surface area (Å²) in [5.41, 5.74) is 3.21. The van der Waals surface area contributed by atoms with Crippen LogP contribution in [0.25, 0.3) is 11.1 Å². The third-order valence-electron chi connectivity index (χ3n) is 2.64. The molecule has 0 saturated heterocycles. The largest absolute Gasteiger partial charge is 0.392 e. The Balaban J connectivity index is 2.38. The minimum atomic E-state index is 0.0803. The average Bonchev–Trinajstić information content (AvgIpc) is 2.38. The molecule has 1 aromatic carbocycles. The molecule has 2 aromatic rings. The van der Waals surface area contributed by atoms with Crippen LogP contribution >= 0.6 is 11.8 Å². The van der Waals surface area contributed by atoms with E-state index < -0.39 is 0 Å². The van der Waals surface area contributed by atoms with Gasteiger partial charge in [0, 0.05) is 27.6 Å². The van der Waals surface area contributed by atoms with Crippen molar-refractivity contribution >= 4 is 11.8 Å². The van der Waals surface area contributed by atoms with Crippen LogP contribution in [0.4, 0.5) is 0 Å². The van der Waals surface area contributed by atoms with Gasteiger partial charge in [0.05, 0.1) is 6.61 Å². The Bertz CT molecular complexity index is 543. The summed E-state index contributed by atoms with van der Waals surface area (Å²) < 4.78 is 0.168. The predicted octanol–water partition coefficient (Wildman–Crippen LogP) is 4.13. The van der Waals surface area contributed by atoms with Crippen LogP contribution in [0.5, 0.6) is 0 Å². The normalized spacial score (nSPS) is 11.6. The first-order valence-corrected chi connectivity index (χ1v) is 7.14. The summed E-state index contributed by atoms with van der Waals surface area (Å²) in [5.74, 6) is 0. The number of aliphatic hydroxyl groups is 1. The lowest BCUT2D eigenvalue weighted by atomic mass is 10.1. The Labute approximate surface area is 118 Å². The minimum Gasteiger partial charge on any atom is -0.392 e. The first kappa shape index (κ1) is 14.1. The second-order valence-corrected chi connectivity index (χ2v) is 7.31. The van der Waals surface area contributed by atoms with Crippen molar-refractivity contribution in [3.05, 3.63) is 48.3 Å². The fraction of sp³-hybridized carbons (Fsp3) is 0.312. The second kappa shape index (κ2) is 5.76. The number of nitrogens with zero attached hydrogens (tertiary/aromatic N) is 1. The van der Waals surface area contributed by atoms with Gasteiger partial charge in [-0.05, 0) is 17.2 Å². The Morgan fingerprint density at radius 2 is 1.79 bits per heavy atom. The number of thioether (sulfide) groups is 1. The van der Waals surface area contributed by atoms with Crippen molar-refractivity contribution in [2.24, 2.45) is 0 Å². The molecule has 0 aliphatic heterocycles. The lowest BCUT2D eigenvalue weighted by Gasteiger charge is -2.19. The summed E-state index contributed by atoms with van der Waals surface area (Å²) in [4.78, 5) is 5.47. The molecule has 0 atom stereocenters. The van der Waals surface area contributed by atoms with Crippen molar-refractivity contribution in [3.63, 3.8) is 0 Å². The molecule has 0 bridgehead atoms. The van der Waals surface area contributed by atoms with E-state index in [-0.39, 0.29) is 11.4 Å². The maximum atomic E-state index is 9.09. The highest BCUT2D eigenvalue weighted by molar-refractivity contribution is 8.00. The molecule has 0 aliphatic carbocycles. The smallest absolute Gasteiger partial charge is 0.0681 e. The summed E-state index contributed by atoms with van der Waals surface area (Å²) in [6.45, 7) is 6.70. The summed E-state index contributed by atoms with van der Waals surface area (Å²) in [5, 5.41) is 9.09. The third kappa shape index (κ3) is 3.82. The molecular weight excluding hydrogens is 254 g/mol. The van der Waals surface area contributed by atoms with E-state index in [1.54, 1.807) is 0 Å². The van der Waals surface area contributed by atoms with Crippen LogP contribution < -0.4 is 0 Å².